The van der Waals surface area contributed by atoms with Crippen LogP contribution in [0, 0.1) is 18.6 Å². The molecule has 0 bridgehead atoms. The smallest absolute Gasteiger partial charge is 0.342 e. The highest BCUT2D eigenvalue weighted by molar-refractivity contribution is 6.05. The zero-order valence-electron chi connectivity index (χ0n) is 17.7. The Balaban J connectivity index is 1.71. The van der Waals surface area contributed by atoms with Crippen molar-refractivity contribution in [2.45, 2.75) is 20.0 Å². The first-order valence-corrected chi connectivity index (χ1v) is 10.1. The summed E-state index contributed by atoms with van der Waals surface area (Å²) in [6, 6.07) is 16.1. The summed E-state index contributed by atoms with van der Waals surface area (Å²) in [7, 11) is 0. The van der Waals surface area contributed by atoms with Crippen LogP contribution in [0.4, 0.5) is 8.78 Å². The molecule has 1 atom stereocenters. The van der Waals surface area contributed by atoms with E-state index in [0.29, 0.717) is 16.9 Å². The summed E-state index contributed by atoms with van der Waals surface area (Å²) in [4.78, 5) is 38.4. The molecule has 1 unspecified atom stereocenters. The van der Waals surface area contributed by atoms with Crippen molar-refractivity contribution >= 4 is 22.7 Å². The first kappa shape index (κ1) is 22.1. The summed E-state index contributed by atoms with van der Waals surface area (Å²) in [5, 5.41) is 0.196. The number of hydrogen-bond acceptors (Lipinski definition) is 5. The Morgan fingerprint density at radius 1 is 0.939 bits per heavy atom. The molecule has 0 saturated carbocycles. The Bertz CT molecular complexity index is 1440. The van der Waals surface area contributed by atoms with Gasteiger partial charge in [-0.15, -0.1) is 0 Å². The van der Waals surface area contributed by atoms with E-state index in [2.05, 4.69) is 0 Å². The lowest BCUT2D eigenvalue weighted by Gasteiger charge is -2.14. The third-order valence-corrected chi connectivity index (χ3v) is 5.26. The van der Waals surface area contributed by atoms with Crippen LogP contribution in [0.2, 0.25) is 0 Å². The normalized spacial score (nSPS) is 11.9. The second kappa shape index (κ2) is 8.78. The summed E-state index contributed by atoms with van der Waals surface area (Å²) < 4.78 is 37.9. The second-order valence-corrected chi connectivity index (χ2v) is 7.47. The first-order valence-electron chi connectivity index (χ1n) is 10.1. The van der Waals surface area contributed by atoms with Gasteiger partial charge >= 0.3 is 5.97 Å². The van der Waals surface area contributed by atoms with E-state index in [1.54, 1.807) is 31.2 Å². The third kappa shape index (κ3) is 4.17. The molecule has 4 rings (SSSR count). The summed E-state index contributed by atoms with van der Waals surface area (Å²) in [5.41, 5.74) is 0.618. The van der Waals surface area contributed by atoms with Crippen LogP contribution in [-0.2, 0) is 4.74 Å². The van der Waals surface area contributed by atoms with Crippen molar-refractivity contribution in [1.82, 2.24) is 0 Å². The molecule has 166 valence electrons. The zero-order valence-corrected chi connectivity index (χ0v) is 17.7. The molecule has 0 fully saturated rings. The van der Waals surface area contributed by atoms with Crippen molar-refractivity contribution in [3.8, 4) is 11.3 Å². The van der Waals surface area contributed by atoms with Crippen LogP contribution in [0.1, 0.15) is 33.2 Å². The van der Waals surface area contributed by atoms with Crippen LogP contribution in [-0.4, -0.2) is 17.9 Å². The molecule has 0 aliphatic heterocycles. The maximum absolute atomic E-state index is 13.5. The Hall–Kier alpha value is -4.13. The zero-order chi connectivity index (χ0) is 23.7. The van der Waals surface area contributed by atoms with Crippen molar-refractivity contribution in [1.29, 1.82) is 0 Å². The first-order chi connectivity index (χ1) is 15.8. The number of Topliss-reactive ketones (excluding diaryl/α,β-unsaturated/α-hetero) is 1. The number of esters is 1. The SMILES string of the molecule is Cc1c(-c2ccccc2)oc2c(C(=O)OC(C)C(=O)c3ccc(F)c(F)c3)cccc2c1=O. The molecule has 0 N–H and O–H groups in total. The quantitative estimate of drug-likeness (QED) is 0.299. The molecule has 33 heavy (non-hydrogen) atoms. The van der Waals surface area contributed by atoms with Gasteiger partial charge in [0.1, 0.15) is 11.3 Å². The topological polar surface area (TPSA) is 73.6 Å². The highest BCUT2D eigenvalue weighted by Gasteiger charge is 2.24. The highest BCUT2D eigenvalue weighted by atomic mass is 19.2. The fourth-order valence-electron chi connectivity index (χ4n) is 3.50. The maximum Gasteiger partial charge on any atom is 0.342 e. The van der Waals surface area contributed by atoms with E-state index >= 15 is 0 Å². The van der Waals surface area contributed by atoms with Gasteiger partial charge in [-0.1, -0.05) is 36.4 Å². The molecule has 0 radical (unpaired) electrons. The number of ether oxygens (including phenoxy) is 1. The number of halogens is 2. The Labute approximate surface area is 187 Å². The van der Waals surface area contributed by atoms with E-state index in [-0.39, 0.29) is 27.5 Å². The van der Waals surface area contributed by atoms with Gasteiger partial charge in [0.05, 0.1) is 5.39 Å². The highest BCUT2D eigenvalue weighted by Crippen LogP contribution is 2.28. The molecule has 1 aromatic heterocycles. The van der Waals surface area contributed by atoms with Crippen LogP contribution >= 0.6 is 0 Å². The predicted octanol–water partition coefficient (Wildman–Crippen LogP) is 5.47. The summed E-state index contributed by atoms with van der Waals surface area (Å²) in [5.74, 6) is -3.55. The molecular formula is C26H18F2O5. The number of para-hydroxylation sites is 1. The molecule has 0 aliphatic rings. The molecule has 0 amide bonds. The molecule has 0 saturated heterocycles. The largest absolute Gasteiger partial charge is 0.455 e. The van der Waals surface area contributed by atoms with Crippen LogP contribution in [0.15, 0.2) is 75.9 Å². The van der Waals surface area contributed by atoms with E-state index in [4.69, 9.17) is 9.15 Å². The molecule has 3 aromatic carbocycles. The minimum atomic E-state index is -1.29. The average molecular weight is 448 g/mol. The van der Waals surface area contributed by atoms with Gasteiger partial charge in [0, 0.05) is 16.7 Å². The summed E-state index contributed by atoms with van der Waals surface area (Å²) >= 11 is 0. The van der Waals surface area contributed by atoms with E-state index in [0.717, 1.165) is 18.2 Å². The lowest BCUT2D eigenvalue weighted by Crippen LogP contribution is -2.25. The standard InChI is InChI=1S/C26H18F2O5/c1-14-22(29)18-9-6-10-19(25(18)33-24(14)16-7-4-3-5-8-16)26(31)32-15(2)23(30)17-11-12-20(27)21(28)13-17/h3-13,15H,1-2H3. The Morgan fingerprint density at radius 2 is 1.67 bits per heavy atom. The van der Waals surface area contributed by atoms with Gasteiger partial charge in [0.25, 0.3) is 0 Å². The summed E-state index contributed by atoms with van der Waals surface area (Å²) in [6.45, 7) is 2.96. The van der Waals surface area contributed by atoms with E-state index < -0.39 is 29.5 Å². The van der Waals surface area contributed by atoms with E-state index in [1.807, 2.05) is 6.07 Å². The van der Waals surface area contributed by atoms with Gasteiger partial charge in [0.2, 0.25) is 5.78 Å². The van der Waals surface area contributed by atoms with E-state index in [9.17, 15) is 23.2 Å². The predicted molar refractivity (Wildman–Crippen MR) is 118 cm³/mol. The number of fused-ring (bicyclic) bond motifs is 1. The Kier molecular flexibility index (Phi) is 5.87. The molecule has 7 heteroatoms. The van der Waals surface area contributed by atoms with Gasteiger partial charge in [-0.3, -0.25) is 9.59 Å². The second-order valence-electron chi connectivity index (χ2n) is 7.47. The monoisotopic (exact) mass is 448 g/mol. The fourth-order valence-corrected chi connectivity index (χ4v) is 3.50. The number of hydrogen-bond donors (Lipinski definition) is 0. The number of rotatable bonds is 5. The lowest BCUT2D eigenvalue weighted by atomic mass is 10.0. The van der Waals surface area contributed by atoms with Crippen molar-refractivity contribution in [2.24, 2.45) is 0 Å². The van der Waals surface area contributed by atoms with Crippen molar-refractivity contribution < 1.29 is 27.5 Å². The van der Waals surface area contributed by atoms with Gasteiger partial charge in [0.15, 0.2) is 28.8 Å². The minimum Gasteiger partial charge on any atom is -0.455 e. The Morgan fingerprint density at radius 3 is 2.36 bits per heavy atom. The van der Waals surface area contributed by atoms with Gasteiger partial charge in [-0.25, -0.2) is 13.6 Å². The maximum atomic E-state index is 13.5. The van der Waals surface area contributed by atoms with Crippen molar-refractivity contribution in [3.63, 3.8) is 0 Å². The van der Waals surface area contributed by atoms with Gasteiger partial charge < -0.3 is 9.15 Å². The molecule has 5 nitrogen and oxygen atoms in total. The number of carbonyl (C=O) groups excluding carboxylic acids is 2. The number of benzene rings is 3. The molecule has 1 heterocycles. The number of ketones is 1. The van der Waals surface area contributed by atoms with Gasteiger partial charge in [-0.2, -0.15) is 0 Å². The molecule has 0 aliphatic carbocycles. The van der Waals surface area contributed by atoms with E-state index in [1.165, 1.54) is 25.1 Å². The molecule has 0 spiro atoms. The fraction of sp³-hybridized carbons (Fsp3) is 0.115. The van der Waals surface area contributed by atoms with Crippen LogP contribution < -0.4 is 5.43 Å². The van der Waals surface area contributed by atoms with Crippen LogP contribution in [0.3, 0.4) is 0 Å². The molecular weight excluding hydrogens is 430 g/mol. The van der Waals surface area contributed by atoms with Crippen LogP contribution in [0.25, 0.3) is 22.3 Å². The summed E-state index contributed by atoms with van der Waals surface area (Å²) in [6.07, 6.45) is -1.29. The lowest BCUT2D eigenvalue weighted by molar-refractivity contribution is 0.0319. The van der Waals surface area contributed by atoms with Gasteiger partial charge in [-0.05, 0) is 44.2 Å². The number of carbonyl (C=O) groups is 2. The van der Waals surface area contributed by atoms with Crippen molar-refractivity contribution in [2.75, 3.05) is 0 Å². The minimum absolute atomic E-state index is 0.0319. The molecule has 4 aromatic rings. The van der Waals surface area contributed by atoms with Crippen LogP contribution in [0.5, 0.6) is 0 Å². The van der Waals surface area contributed by atoms with Crippen molar-refractivity contribution in [3.05, 3.63) is 105 Å². The third-order valence-electron chi connectivity index (χ3n) is 5.26. The average Bonchev–Trinajstić information content (AvgIpc) is 2.82.